The van der Waals surface area contributed by atoms with Gasteiger partial charge in [0.2, 0.25) is 0 Å². The molecule has 0 heterocycles. The van der Waals surface area contributed by atoms with E-state index in [1.54, 1.807) is 0 Å². The van der Waals surface area contributed by atoms with Crippen LogP contribution in [0.5, 0.6) is 0 Å². The Labute approximate surface area is 187 Å². The Morgan fingerprint density at radius 3 is 1.73 bits per heavy atom. The summed E-state index contributed by atoms with van der Waals surface area (Å²) in [6, 6.07) is 0. The number of ether oxygens (including phenoxy) is 1. The lowest BCUT2D eigenvalue weighted by Gasteiger charge is -2.43. The van der Waals surface area contributed by atoms with Gasteiger partial charge in [0, 0.05) is 12.5 Å². The molecule has 0 spiro atoms. The lowest BCUT2D eigenvalue weighted by Crippen LogP contribution is -2.45. The SMILES string of the molecule is CCCCCCCCCCCCCCCCOC1(C)C=C(O)C(N)=CC1C(C)(C)C. The number of unbranched alkanes of at least 4 members (excludes halogenated alkanes) is 13. The summed E-state index contributed by atoms with van der Waals surface area (Å²) < 4.78 is 6.30. The van der Waals surface area contributed by atoms with Gasteiger partial charge >= 0.3 is 0 Å². The molecule has 1 aliphatic carbocycles. The van der Waals surface area contributed by atoms with Crippen LogP contribution in [-0.2, 0) is 4.74 Å². The van der Waals surface area contributed by atoms with Crippen LogP contribution in [0.1, 0.15) is 125 Å². The van der Waals surface area contributed by atoms with Gasteiger partial charge < -0.3 is 15.6 Å². The van der Waals surface area contributed by atoms with Crippen LogP contribution >= 0.6 is 0 Å². The summed E-state index contributed by atoms with van der Waals surface area (Å²) in [6.45, 7) is 11.7. The first kappa shape index (κ1) is 27.1. The van der Waals surface area contributed by atoms with Crippen molar-refractivity contribution in [1.82, 2.24) is 0 Å². The molecule has 3 heteroatoms. The van der Waals surface area contributed by atoms with Crippen molar-refractivity contribution < 1.29 is 9.84 Å². The van der Waals surface area contributed by atoms with Gasteiger partial charge in [0.25, 0.3) is 0 Å². The number of rotatable bonds is 16. The first-order valence-electron chi connectivity index (χ1n) is 12.7. The van der Waals surface area contributed by atoms with Crippen LogP contribution in [0.2, 0.25) is 0 Å². The van der Waals surface area contributed by atoms with Crippen LogP contribution in [-0.4, -0.2) is 17.3 Å². The molecule has 1 aliphatic rings. The fourth-order valence-corrected chi connectivity index (χ4v) is 4.70. The highest BCUT2D eigenvalue weighted by Crippen LogP contribution is 2.42. The van der Waals surface area contributed by atoms with E-state index >= 15 is 0 Å². The predicted molar refractivity (Wildman–Crippen MR) is 131 cm³/mol. The Hall–Kier alpha value is -0.960. The molecule has 0 saturated carbocycles. The van der Waals surface area contributed by atoms with Crippen molar-refractivity contribution in [3.05, 3.63) is 23.6 Å². The molecule has 2 unspecified atom stereocenters. The molecule has 0 aromatic rings. The zero-order valence-electron chi connectivity index (χ0n) is 20.8. The highest BCUT2D eigenvalue weighted by atomic mass is 16.5. The van der Waals surface area contributed by atoms with Crippen LogP contribution < -0.4 is 5.73 Å². The van der Waals surface area contributed by atoms with Crippen molar-refractivity contribution >= 4 is 0 Å². The smallest absolute Gasteiger partial charge is 0.137 e. The average Bonchev–Trinajstić information content (AvgIpc) is 2.67. The standard InChI is InChI=1S/C27H51NO2/c1-6-7-8-9-10-11-12-13-14-15-16-17-18-19-20-30-27(5)22-24(29)23(28)21-25(27)26(2,3)4/h21-22,25,29H,6-20,28H2,1-5H3. The first-order chi connectivity index (χ1) is 14.2. The minimum Gasteiger partial charge on any atom is -0.506 e. The number of hydrogen-bond donors (Lipinski definition) is 2. The van der Waals surface area contributed by atoms with E-state index < -0.39 is 5.60 Å². The second-order valence-corrected chi connectivity index (χ2v) is 10.6. The van der Waals surface area contributed by atoms with Crippen molar-refractivity contribution in [2.24, 2.45) is 17.1 Å². The van der Waals surface area contributed by atoms with E-state index in [0.29, 0.717) is 5.70 Å². The van der Waals surface area contributed by atoms with E-state index in [2.05, 4.69) is 34.6 Å². The van der Waals surface area contributed by atoms with Crippen LogP contribution in [0.4, 0.5) is 0 Å². The molecule has 3 nitrogen and oxygen atoms in total. The molecule has 3 N–H and O–H groups in total. The van der Waals surface area contributed by atoms with Gasteiger partial charge in [-0.1, -0.05) is 117 Å². The second kappa shape index (κ2) is 14.2. The molecule has 0 aromatic heterocycles. The fourth-order valence-electron chi connectivity index (χ4n) is 4.70. The van der Waals surface area contributed by atoms with Gasteiger partial charge in [-0.2, -0.15) is 0 Å². The third-order valence-corrected chi connectivity index (χ3v) is 6.53. The molecule has 1 rings (SSSR count). The Kier molecular flexibility index (Phi) is 12.8. The van der Waals surface area contributed by atoms with Gasteiger partial charge in [0.05, 0.1) is 11.3 Å². The number of aliphatic hydroxyl groups is 1. The summed E-state index contributed by atoms with van der Waals surface area (Å²) in [5, 5.41) is 10.1. The normalized spacial score (nSPS) is 22.1. The largest absolute Gasteiger partial charge is 0.506 e. The van der Waals surface area contributed by atoms with E-state index in [4.69, 9.17) is 10.5 Å². The number of hydrogen-bond acceptors (Lipinski definition) is 3. The van der Waals surface area contributed by atoms with Gasteiger partial charge in [0.1, 0.15) is 5.76 Å². The third-order valence-electron chi connectivity index (χ3n) is 6.53. The minimum absolute atomic E-state index is 0.0199. The molecule has 0 amide bonds. The fraction of sp³-hybridized carbons (Fsp3) is 0.852. The Morgan fingerprint density at radius 2 is 1.30 bits per heavy atom. The van der Waals surface area contributed by atoms with Crippen molar-refractivity contribution in [1.29, 1.82) is 0 Å². The van der Waals surface area contributed by atoms with Crippen molar-refractivity contribution in [3.8, 4) is 0 Å². The molecular weight excluding hydrogens is 370 g/mol. The molecule has 0 bridgehead atoms. The van der Waals surface area contributed by atoms with Gasteiger partial charge in [-0.15, -0.1) is 0 Å². The van der Waals surface area contributed by atoms with Gasteiger partial charge in [-0.25, -0.2) is 0 Å². The molecular formula is C27H51NO2. The van der Waals surface area contributed by atoms with Crippen LogP contribution in [0.3, 0.4) is 0 Å². The maximum atomic E-state index is 10.1. The zero-order chi connectivity index (χ0) is 22.5. The lowest BCUT2D eigenvalue weighted by molar-refractivity contribution is -0.0581. The second-order valence-electron chi connectivity index (χ2n) is 10.6. The monoisotopic (exact) mass is 421 g/mol. The quantitative estimate of drug-likeness (QED) is 0.247. The van der Waals surface area contributed by atoms with E-state index in [0.717, 1.165) is 13.0 Å². The molecule has 0 saturated heterocycles. The molecule has 30 heavy (non-hydrogen) atoms. The lowest BCUT2D eigenvalue weighted by atomic mass is 9.68. The van der Waals surface area contributed by atoms with E-state index in [9.17, 15) is 5.11 Å². The summed E-state index contributed by atoms with van der Waals surface area (Å²) in [5.74, 6) is 0.298. The van der Waals surface area contributed by atoms with Crippen molar-refractivity contribution in [3.63, 3.8) is 0 Å². The zero-order valence-corrected chi connectivity index (χ0v) is 20.8. The van der Waals surface area contributed by atoms with Crippen molar-refractivity contribution in [2.75, 3.05) is 6.61 Å². The molecule has 0 aliphatic heterocycles. The topological polar surface area (TPSA) is 55.5 Å². The number of nitrogens with two attached hydrogens (primary N) is 1. The highest BCUT2D eigenvalue weighted by molar-refractivity contribution is 5.33. The van der Waals surface area contributed by atoms with Gasteiger partial charge in [-0.3, -0.25) is 0 Å². The van der Waals surface area contributed by atoms with Gasteiger partial charge in [-0.05, 0) is 24.8 Å². The molecule has 0 fully saturated rings. The molecule has 176 valence electrons. The van der Waals surface area contributed by atoms with Crippen LogP contribution in [0, 0.1) is 11.3 Å². The van der Waals surface area contributed by atoms with E-state index in [1.165, 1.54) is 83.5 Å². The van der Waals surface area contributed by atoms with Crippen molar-refractivity contribution in [2.45, 2.75) is 130 Å². The number of aliphatic hydroxyl groups excluding tert-OH is 1. The van der Waals surface area contributed by atoms with Gasteiger partial charge in [0.15, 0.2) is 0 Å². The van der Waals surface area contributed by atoms with E-state index in [1.807, 2.05) is 12.2 Å². The predicted octanol–water partition coefficient (Wildman–Crippen LogP) is 8.20. The van der Waals surface area contributed by atoms with E-state index in [-0.39, 0.29) is 17.1 Å². The minimum atomic E-state index is -0.498. The third kappa shape index (κ3) is 10.4. The molecule has 0 radical (unpaired) electrons. The Bertz CT molecular complexity index is 517. The Morgan fingerprint density at radius 1 is 0.867 bits per heavy atom. The first-order valence-corrected chi connectivity index (χ1v) is 12.7. The average molecular weight is 422 g/mol. The maximum absolute atomic E-state index is 10.1. The van der Waals surface area contributed by atoms with Crippen LogP contribution in [0.15, 0.2) is 23.6 Å². The summed E-state index contributed by atoms with van der Waals surface area (Å²) in [5.41, 5.74) is 5.95. The summed E-state index contributed by atoms with van der Waals surface area (Å²) in [4.78, 5) is 0. The maximum Gasteiger partial charge on any atom is 0.137 e. The summed E-state index contributed by atoms with van der Waals surface area (Å²) in [6.07, 6.45) is 22.8. The Balaban J connectivity index is 2.09. The molecule has 0 aromatic carbocycles. The molecule has 2 atom stereocenters. The summed E-state index contributed by atoms with van der Waals surface area (Å²) in [7, 11) is 0. The van der Waals surface area contributed by atoms with Crippen LogP contribution in [0.25, 0.3) is 0 Å². The highest BCUT2D eigenvalue weighted by Gasteiger charge is 2.42. The summed E-state index contributed by atoms with van der Waals surface area (Å²) >= 11 is 0.